The van der Waals surface area contributed by atoms with E-state index in [4.69, 9.17) is 12.2 Å². The molecule has 2 amide bonds. The summed E-state index contributed by atoms with van der Waals surface area (Å²) in [6.07, 6.45) is 3.46. The Balaban J connectivity index is 1.73. The molecular formula is C22H16BrN3O2S. The molecule has 2 heterocycles. The van der Waals surface area contributed by atoms with E-state index < -0.39 is 11.8 Å². The number of thiocarbonyl (C=S) groups is 1. The van der Waals surface area contributed by atoms with Gasteiger partial charge in [-0.2, -0.15) is 0 Å². The number of aryl methyl sites for hydroxylation is 1. The SMILES string of the molecule is Cc1ccc(N2C(=O)/C(=C/c3cccn3-c3ccc(Br)cc3)C(=O)NC2=S)cc1. The molecule has 3 aromatic rings. The number of benzene rings is 2. The van der Waals surface area contributed by atoms with Crippen LogP contribution in [-0.4, -0.2) is 21.5 Å². The Morgan fingerprint density at radius 3 is 2.31 bits per heavy atom. The van der Waals surface area contributed by atoms with Gasteiger partial charge < -0.3 is 4.57 Å². The number of carbonyl (C=O) groups is 2. The smallest absolute Gasteiger partial charge is 0.270 e. The van der Waals surface area contributed by atoms with E-state index in [0.717, 1.165) is 15.7 Å². The van der Waals surface area contributed by atoms with Crippen molar-refractivity contribution in [1.29, 1.82) is 0 Å². The predicted molar refractivity (Wildman–Crippen MR) is 121 cm³/mol. The molecule has 1 saturated heterocycles. The molecule has 0 spiro atoms. The Kier molecular flexibility index (Phi) is 5.17. The van der Waals surface area contributed by atoms with Gasteiger partial charge in [0.15, 0.2) is 5.11 Å². The van der Waals surface area contributed by atoms with Gasteiger partial charge in [0, 0.05) is 22.1 Å². The maximum absolute atomic E-state index is 13.1. The number of carbonyl (C=O) groups excluding carboxylic acids is 2. The second-order valence-corrected chi connectivity index (χ2v) is 7.88. The van der Waals surface area contributed by atoms with Gasteiger partial charge in [0.05, 0.1) is 5.69 Å². The molecule has 1 aliphatic heterocycles. The van der Waals surface area contributed by atoms with E-state index in [2.05, 4.69) is 21.2 Å². The number of rotatable bonds is 3. The molecule has 1 fully saturated rings. The first kappa shape index (κ1) is 19.3. The summed E-state index contributed by atoms with van der Waals surface area (Å²) in [6, 6.07) is 18.9. The number of aromatic nitrogens is 1. The number of hydrogen-bond donors (Lipinski definition) is 1. The summed E-state index contributed by atoms with van der Waals surface area (Å²) >= 11 is 8.67. The van der Waals surface area contributed by atoms with Gasteiger partial charge in [-0.1, -0.05) is 33.6 Å². The summed E-state index contributed by atoms with van der Waals surface area (Å²) in [4.78, 5) is 27.0. The minimum atomic E-state index is -0.507. The van der Waals surface area contributed by atoms with E-state index >= 15 is 0 Å². The third kappa shape index (κ3) is 3.79. The molecule has 0 aliphatic carbocycles. The fourth-order valence-electron chi connectivity index (χ4n) is 3.08. The van der Waals surface area contributed by atoms with Gasteiger partial charge in [-0.15, -0.1) is 0 Å². The lowest BCUT2D eigenvalue weighted by Gasteiger charge is -2.29. The average molecular weight is 466 g/mol. The third-order valence-corrected chi connectivity index (χ3v) is 5.38. The highest BCUT2D eigenvalue weighted by molar-refractivity contribution is 9.10. The minimum Gasteiger partial charge on any atom is -0.317 e. The molecule has 4 rings (SSSR count). The van der Waals surface area contributed by atoms with E-state index in [1.807, 2.05) is 66.2 Å². The monoisotopic (exact) mass is 465 g/mol. The van der Waals surface area contributed by atoms with Crippen molar-refractivity contribution in [2.75, 3.05) is 4.90 Å². The van der Waals surface area contributed by atoms with Crippen molar-refractivity contribution in [3.63, 3.8) is 0 Å². The lowest BCUT2D eigenvalue weighted by atomic mass is 10.1. The van der Waals surface area contributed by atoms with Crippen LogP contribution in [0.2, 0.25) is 0 Å². The number of hydrogen-bond acceptors (Lipinski definition) is 3. The van der Waals surface area contributed by atoms with Crippen LogP contribution in [0.4, 0.5) is 5.69 Å². The van der Waals surface area contributed by atoms with E-state index in [9.17, 15) is 9.59 Å². The van der Waals surface area contributed by atoms with Crippen LogP contribution < -0.4 is 10.2 Å². The highest BCUT2D eigenvalue weighted by atomic mass is 79.9. The third-order valence-electron chi connectivity index (χ3n) is 4.57. The molecule has 0 saturated carbocycles. The van der Waals surface area contributed by atoms with Crippen LogP contribution in [0.3, 0.4) is 0 Å². The van der Waals surface area contributed by atoms with E-state index in [1.165, 1.54) is 4.90 Å². The first-order valence-corrected chi connectivity index (χ1v) is 10.1. The summed E-state index contributed by atoms with van der Waals surface area (Å²) < 4.78 is 2.88. The van der Waals surface area contributed by atoms with Crippen LogP contribution in [0, 0.1) is 6.92 Å². The average Bonchev–Trinajstić information content (AvgIpc) is 3.15. The van der Waals surface area contributed by atoms with Crippen molar-refractivity contribution in [3.8, 4) is 5.69 Å². The Morgan fingerprint density at radius 2 is 1.62 bits per heavy atom. The van der Waals surface area contributed by atoms with E-state index in [0.29, 0.717) is 11.4 Å². The van der Waals surface area contributed by atoms with Gasteiger partial charge >= 0.3 is 0 Å². The molecule has 7 heteroatoms. The number of anilines is 1. The van der Waals surface area contributed by atoms with Crippen molar-refractivity contribution in [3.05, 3.63) is 88.2 Å². The van der Waals surface area contributed by atoms with Gasteiger partial charge in [0.1, 0.15) is 5.57 Å². The minimum absolute atomic E-state index is 0.0243. The van der Waals surface area contributed by atoms with Crippen LogP contribution >= 0.6 is 28.1 Å². The van der Waals surface area contributed by atoms with Crippen molar-refractivity contribution >= 4 is 56.8 Å². The number of nitrogens with zero attached hydrogens (tertiary/aromatic N) is 2. The van der Waals surface area contributed by atoms with E-state index in [-0.39, 0.29) is 10.7 Å². The quantitative estimate of drug-likeness (QED) is 0.354. The normalized spacial score (nSPS) is 15.7. The van der Waals surface area contributed by atoms with Crippen molar-refractivity contribution < 1.29 is 9.59 Å². The zero-order chi connectivity index (χ0) is 20.5. The van der Waals surface area contributed by atoms with E-state index in [1.54, 1.807) is 18.2 Å². The topological polar surface area (TPSA) is 54.3 Å². The molecule has 29 heavy (non-hydrogen) atoms. The largest absolute Gasteiger partial charge is 0.317 e. The molecule has 1 aromatic heterocycles. The summed E-state index contributed by atoms with van der Waals surface area (Å²) in [5.74, 6) is -0.960. The van der Waals surface area contributed by atoms with Crippen molar-refractivity contribution in [2.45, 2.75) is 6.92 Å². The zero-order valence-corrected chi connectivity index (χ0v) is 17.8. The van der Waals surface area contributed by atoms with Crippen molar-refractivity contribution in [2.24, 2.45) is 0 Å². The van der Waals surface area contributed by atoms with Crippen LogP contribution in [-0.2, 0) is 9.59 Å². The fraction of sp³-hybridized carbons (Fsp3) is 0.0455. The molecule has 1 aliphatic rings. The van der Waals surface area contributed by atoms with Gasteiger partial charge in [-0.05, 0) is 73.7 Å². The Morgan fingerprint density at radius 1 is 0.966 bits per heavy atom. The summed E-state index contributed by atoms with van der Waals surface area (Å²) in [6.45, 7) is 1.96. The maximum Gasteiger partial charge on any atom is 0.270 e. The number of amides is 2. The summed E-state index contributed by atoms with van der Waals surface area (Å²) in [5.41, 5.74) is 3.33. The Bertz CT molecular complexity index is 1150. The van der Waals surface area contributed by atoms with Gasteiger partial charge in [-0.25, -0.2) is 0 Å². The second kappa shape index (κ2) is 7.77. The highest BCUT2D eigenvalue weighted by Crippen LogP contribution is 2.24. The molecule has 0 bridgehead atoms. The lowest BCUT2D eigenvalue weighted by molar-refractivity contribution is -0.122. The zero-order valence-electron chi connectivity index (χ0n) is 15.4. The number of nitrogens with one attached hydrogen (secondary N) is 1. The van der Waals surface area contributed by atoms with Crippen LogP contribution in [0.5, 0.6) is 0 Å². The summed E-state index contributed by atoms with van der Waals surface area (Å²) in [7, 11) is 0. The Labute approximate surface area is 181 Å². The molecule has 0 radical (unpaired) electrons. The first-order valence-electron chi connectivity index (χ1n) is 8.85. The van der Waals surface area contributed by atoms with Gasteiger partial charge in [0.2, 0.25) is 0 Å². The second-order valence-electron chi connectivity index (χ2n) is 6.57. The van der Waals surface area contributed by atoms with Gasteiger partial charge in [0.25, 0.3) is 11.8 Å². The lowest BCUT2D eigenvalue weighted by Crippen LogP contribution is -2.54. The molecule has 1 N–H and O–H groups in total. The highest BCUT2D eigenvalue weighted by Gasteiger charge is 2.34. The van der Waals surface area contributed by atoms with Crippen LogP contribution in [0.1, 0.15) is 11.3 Å². The number of halogens is 1. The molecule has 0 unspecified atom stereocenters. The first-order chi connectivity index (χ1) is 13.9. The Hall–Kier alpha value is -3.03. The van der Waals surface area contributed by atoms with Gasteiger partial charge in [-0.3, -0.25) is 19.8 Å². The van der Waals surface area contributed by atoms with Crippen LogP contribution in [0.15, 0.2) is 76.9 Å². The molecule has 2 aromatic carbocycles. The molecular weight excluding hydrogens is 450 g/mol. The predicted octanol–water partition coefficient (Wildman–Crippen LogP) is 4.38. The van der Waals surface area contributed by atoms with Crippen LogP contribution in [0.25, 0.3) is 11.8 Å². The standard InChI is InChI=1S/C22H16BrN3O2S/c1-14-4-8-17(9-5-14)26-21(28)19(20(27)24-22(26)29)13-18-3-2-12-25(18)16-10-6-15(23)7-11-16/h2-13H,1H3,(H,24,27,29)/b19-13+. The molecule has 0 atom stereocenters. The van der Waals surface area contributed by atoms with Crippen molar-refractivity contribution in [1.82, 2.24) is 9.88 Å². The maximum atomic E-state index is 13.1. The fourth-order valence-corrected chi connectivity index (χ4v) is 3.63. The summed E-state index contributed by atoms with van der Waals surface area (Å²) in [5, 5.41) is 2.69. The molecule has 5 nitrogen and oxygen atoms in total. The molecule has 144 valence electrons.